The lowest BCUT2D eigenvalue weighted by Crippen LogP contribution is -2.33. The summed E-state index contributed by atoms with van der Waals surface area (Å²) >= 11 is 0. The molecule has 6 nitrogen and oxygen atoms in total. The minimum Gasteiger partial charge on any atom is -0.493 e. The zero-order valence-corrected chi connectivity index (χ0v) is 19.6. The Morgan fingerprint density at radius 3 is 2.27 bits per heavy atom. The van der Waals surface area contributed by atoms with Crippen LogP contribution in [0.1, 0.15) is 46.5 Å². The highest BCUT2D eigenvalue weighted by atomic mass is 16.5. The Morgan fingerprint density at radius 2 is 1.61 bits per heavy atom. The summed E-state index contributed by atoms with van der Waals surface area (Å²) in [5.41, 5.74) is 6.77. The van der Waals surface area contributed by atoms with Crippen LogP contribution in [0.4, 0.5) is 0 Å². The molecule has 2 heterocycles. The number of aryl methyl sites for hydroxylation is 2. The van der Waals surface area contributed by atoms with Crippen LogP contribution in [-0.4, -0.2) is 32.0 Å². The summed E-state index contributed by atoms with van der Waals surface area (Å²) in [4.78, 5) is 0. The maximum Gasteiger partial charge on any atom is 0.214 e. The van der Waals surface area contributed by atoms with Crippen molar-refractivity contribution in [1.29, 1.82) is 0 Å². The van der Waals surface area contributed by atoms with Gasteiger partial charge in [0.05, 0.1) is 33.1 Å². The van der Waals surface area contributed by atoms with Crippen LogP contribution >= 0.6 is 0 Å². The van der Waals surface area contributed by atoms with Crippen LogP contribution < -0.4 is 18.9 Å². The fourth-order valence-corrected chi connectivity index (χ4v) is 4.59. The van der Waals surface area contributed by atoms with E-state index in [-0.39, 0.29) is 6.04 Å². The van der Waals surface area contributed by atoms with E-state index in [2.05, 4.69) is 43.1 Å². The van der Waals surface area contributed by atoms with Crippen LogP contribution in [0.3, 0.4) is 0 Å². The number of hydrogen-bond donors (Lipinski definition) is 0. The van der Waals surface area contributed by atoms with E-state index in [1.54, 1.807) is 21.3 Å². The molecule has 0 bridgehead atoms. The number of ether oxygens (including phenoxy) is 4. The summed E-state index contributed by atoms with van der Waals surface area (Å²) in [6.07, 6.45) is 0.381. The first-order chi connectivity index (χ1) is 16.0. The zero-order chi connectivity index (χ0) is 23.1. The molecule has 33 heavy (non-hydrogen) atoms. The Bertz CT molecular complexity index is 1210. The van der Waals surface area contributed by atoms with Gasteiger partial charge >= 0.3 is 0 Å². The summed E-state index contributed by atoms with van der Waals surface area (Å²) in [7, 11) is 4.84. The summed E-state index contributed by atoms with van der Waals surface area (Å²) in [6, 6.07) is 18.7. The van der Waals surface area contributed by atoms with Crippen molar-refractivity contribution in [3.8, 4) is 23.0 Å². The van der Waals surface area contributed by atoms with E-state index < -0.39 is 6.23 Å². The van der Waals surface area contributed by atoms with Gasteiger partial charge in [-0.3, -0.25) is 0 Å². The van der Waals surface area contributed by atoms with E-state index >= 15 is 0 Å². The lowest BCUT2D eigenvalue weighted by atomic mass is 9.94. The molecular formula is C27H28N2O4. The second-order valence-corrected chi connectivity index (χ2v) is 8.41. The molecule has 0 saturated carbocycles. The third kappa shape index (κ3) is 3.55. The molecule has 2 atom stereocenters. The van der Waals surface area contributed by atoms with Gasteiger partial charge in [-0.25, -0.2) is 5.01 Å². The third-order valence-electron chi connectivity index (χ3n) is 6.51. The molecule has 3 aromatic carbocycles. The quantitative estimate of drug-likeness (QED) is 0.515. The van der Waals surface area contributed by atoms with Gasteiger partial charge in [0.15, 0.2) is 11.5 Å². The highest BCUT2D eigenvalue weighted by Crippen LogP contribution is 2.49. The van der Waals surface area contributed by atoms with Gasteiger partial charge in [0.1, 0.15) is 5.75 Å². The third-order valence-corrected chi connectivity index (χ3v) is 6.51. The molecule has 0 N–H and O–H groups in total. The van der Waals surface area contributed by atoms with Crippen molar-refractivity contribution in [2.24, 2.45) is 5.10 Å². The molecule has 0 radical (unpaired) electrons. The van der Waals surface area contributed by atoms with Crippen LogP contribution in [0.25, 0.3) is 0 Å². The molecule has 3 aromatic rings. The molecule has 0 aliphatic carbocycles. The molecule has 6 heteroatoms. The van der Waals surface area contributed by atoms with Gasteiger partial charge in [-0.1, -0.05) is 30.3 Å². The number of hydrazone groups is 1. The number of fused-ring (bicyclic) bond motifs is 3. The van der Waals surface area contributed by atoms with Gasteiger partial charge in [0, 0.05) is 17.5 Å². The van der Waals surface area contributed by atoms with Crippen LogP contribution in [0.15, 0.2) is 59.7 Å². The average Bonchev–Trinajstić information content (AvgIpc) is 3.30. The fourth-order valence-electron chi connectivity index (χ4n) is 4.59. The molecule has 2 aliphatic heterocycles. The van der Waals surface area contributed by atoms with Crippen LogP contribution in [-0.2, 0) is 0 Å². The second-order valence-electron chi connectivity index (χ2n) is 8.41. The second kappa shape index (κ2) is 8.35. The first-order valence-electron chi connectivity index (χ1n) is 11.0. The van der Waals surface area contributed by atoms with Gasteiger partial charge in [0.25, 0.3) is 0 Å². The van der Waals surface area contributed by atoms with Crippen LogP contribution in [0.2, 0.25) is 0 Å². The molecule has 0 unspecified atom stereocenters. The first-order valence-corrected chi connectivity index (χ1v) is 11.0. The number of nitrogens with zero attached hydrogens (tertiary/aromatic N) is 2. The summed E-state index contributed by atoms with van der Waals surface area (Å²) in [6.45, 7) is 4.27. The van der Waals surface area contributed by atoms with Crippen LogP contribution in [0.5, 0.6) is 23.0 Å². The molecule has 0 amide bonds. The van der Waals surface area contributed by atoms with Crippen molar-refractivity contribution in [3.05, 3.63) is 82.4 Å². The van der Waals surface area contributed by atoms with Crippen molar-refractivity contribution in [1.82, 2.24) is 5.01 Å². The highest BCUT2D eigenvalue weighted by Gasteiger charge is 2.41. The Morgan fingerprint density at radius 1 is 0.879 bits per heavy atom. The Labute approximate surface area is 194 Å². The summed E-state index contributed by atoms with van der Waals surface area (Å²) in [5, 5.41) is 7.14. The first kappa shape index (κ1) is 21.2. The topological polar surface area (TPSA) is 52.5 Å². The van der Waals surface area contributed by atoms with E-state index in [1.165, 1.54) is 11.1 Å². The van der Waals surface area contributed by atoms with Gasteiger partial charge < -0.3 is 18.9 Å². The minimum absolute atomic E-state index is 0.0793. The van der Waals surface area contributed by atoms with Gasteiger partial charge in [-0.05, 0) is 54.8 Å². The predicted octanol–water partition coefficient (Wildman–Crippen LogP) is 5.57. The lowest BCUT2D eigenvalue weighted by molar-refractivity contribution is -0.0192. The molecular weight excluding hydrogens is 416 g/mol. The van der Waals surface area contributed by atoms with Crippen LogP contribution in [0, 0.1) is 13.8 Å². The summed E-state index contributed by atoms with van der Waals surface area (Å²) < 4.78 is 23.2. The Balaban J connectivity index is 1.62. The van der Waals surface area contributed by atoms with Gasteiger partial charge in [0.2, 0.25) is 12.0 Å². The van der Waals surface area contributed by atoms with E-state index in [0.29, 0.717) is 17.2 Å². The van der Waals surface area contributed by atoms with Crippen molar-refractivity contribution >= 4 is 5.71 Å². The van der Waals surface area contributed by atoms with Crippen molar-refractivity contribution in [2.75, 3.05) is 21.3 Å². The largest absolute Gasteiger partial charge is 0.493 e. The monoisotopic (exact) mass is 444 g/mol. The maximum absolute atomic E-state index is 6.50. The molecule has 2 aliphatic rings. The van der Waals surface area contributed by atoms with Gasteiger partial charge in [-0.15, -0.1) is 0 Å². The predicted molar refractivity (Wildman–Crippen MR) is 128 cm³/mol. The van der Waals surface area contributed by atoms with Crippen molar-refractivity contribution in [2.45, 2.75) is 32.5 Å². The van der Waals surface area contributed by atoms with E-state index in [9.17, 15) is 0 Å². The normalized spacial score (nSPS) is 18.7. The lowest BCUT2D eigenvalue weighted by Gasteiger charge is -2.38. The van der Waals surface area contributed by atoms with Gasteiger partial charge in [-0.2, -0.15) is 5.10 Å². The molecule has 0 saturated heterocycles. The number of methoxy groups -OCH3 is 3. The zero-order valence-electron chi connectivity index (χ0n) is 19.6. The smallest absolute Gasteiger partial charge is 0.214 e. The fraction of sp³-hybridized carbons (Fsp3) is 0.296. The molecule has 170 valence electrons. The average molecular weight is 445 g/mol. The Kier molecular flexibility index (Phi) is 5.36. The summed E-state index contributed by atoms with van der Waals surface area (Å²) in [5.74, 6) is 2.60. The molecule has 0 aromatic heterocycles. The van der Waals surface area contributed by atoms with E-state index in [0.717, 1.165) is 34.6 Å². The number of para-hydroxylation sites is 1. The number of benzene rings is 3. The highest BCUT2D eigenvalue weighted by molar-refractivity contribution is 6.02. The number of hydrogen-bond acceptors (Lipinski definition) is 6. The number of rotatable bonds is 5. The molecule has 5 rings (SSSR count). The maximum atomic E-state index is 6.50. The van der Waals surface area contributed by atoms with E-state index in [4.69, 9.17) is 24.0 Å². The van der Waals surface area contributed by atoms with E-state index in [1.807, 2.05) is 30.3 Å². The minimum atomic E-state index is -0.428. The molecule has 0 fully saturated rings. The van der Waals surface area contributed by atoms with Crippen molar-refractivity contribution in [3.63, 3.8) is 0 Å². The SMILES string of the molecule is COc1cc([C@H]2Oc3ccccc3[C@H]3CC(c4ccc(C)c(C)c4)=NN32)cc(OC)c1OC. The standard InChI is InChI=1S/C27H28N2O4/c1-16-10-11-18(12-17(16)2)21-15-22-20-8-6-7-9-23(20)33-27(29(22)28-21)19-13-24(30-3)26(32-5)25(14-19)31-4/h6-14,22,27H,15H2,1-5H3/t22-,27-/m1/s1. The Hall–Kier alpha value is -3.67. The van der Waals surface area contributed by atoms with Crippen molar-refractivity contribution < 1.29 is 18.9 Å². The molecule has 0 spiro atoms.